The first kappa shape index (κ1) is 60.2. The first-order valence-corrected chi connectivity index (χ1v) is 21.3. The summed E-state index contributed by atoms with van der Waals surface area (Å²) in [5.74, 6) is 0. The maximum atomic E-state index is 5.75. The molecule has 21 nitrogen and oxygen atoms in total. The third-order valence-electron chi connectivity index (χ3n) is 7.20. The lowest BCUT2D eigenvalue weighted by Crippen LogP contribution is -2.32. The zero-order chi connectivity index (χ0) is 43.9. The smallest absolute Gasteiger partial charge is 0.383 e. The van der Waals surface area contributed by atoms with E-state index in [0.29, 0.717) is 218 Å². The van der Waals surface area contributed by atoms with Gasteiger partial charge >= 0.3 is 7.32 Å². The van der Waals surface area contributed by atoms with Gasteiger partial charge in [0.05, 0.1) is 238 Å². The van der Waals surface area contributed by atoms with Crippen LogP contribution in [0.15, 0.2) is 0 Å². The summed E-state index contributed by atoms with van der Waals surface area (Å²) in [7, 11) is 4.00. The molecule has 0 aromatic carbocycles. The Morgan fingerprint density at radius 3 is 0.410 bits per heavy atom. The SMILES string of the molecule is COCCOCCOCCOCCOCCOCCOB(OCCOCCOCCOCCOCCOCCOC)OCCOCCOCCOCCOCCOCCOC. The zero-order valence-electron chi connectivity index (χ0n) is 37.6. The first-order chi connectivity index (χ1) is 30.3. The van der Waals surface area contributed by atoms with Crippen LogP contribution < -0.4 is 0 Å². The van der Waals surface area contributed by atoms with Crippen molar-refractivity contribution in [3.8, 4) is 0 Å². The molecule has 0 fully saturated rings. The Morgan fingerprint density at radius 1 is 0.164 bits per heavy atom. The van der Waals surface area contributed by atoms with Crippen LogP contribution in [-0.2, 0) is 99.2 Å². The van der Waals surface area contributed by atoms with Gasteiger partial charge in [-0.1, -0.05) is 0 Å². The molecule has 366 valence electrons. The van der Waals surface area contributed by atoms with Gasteiger partial charge in [-0.15, -0.1) is 0 Å². The predicted octanol–water partition coefficient (Wildman–Crippen LogP) is 0.209. The summed E-state index contributed by atoms with van der Waals surface area (Å²) in [5, 5.41) is 0. The van der Waals surface area contributed by atoms with Crippen molar-refractivity contribution in [1.29, 1.82) is 0 Å². The van der Waals surface area contributed by atoms with E-state index in [2.05, 4.69) is 0 Å². The van der Waals surface area contributed by atoms with Gasteiger partial charge in [0.1, 0.15) is 0 Å². The van der Waals surface area contributed by atoms with E-state index in [4.69, 9.17) is 99.2 Å². The van der Waals surface area contributed by atoms with Gasteiger partial charge in [0, 0.05) is 21.3 Å². The molecule has 0 atom stereocenters. The van der Waals surface area contributed by atoms with Gasteiger partial charge in [-0.05, 0) is 0 Å². The van der Waals surface area contributed by atoms with Crippen molar-refractivity contribution in [2.24, 2.45) is 0 Å². The Kier molecular flexibility index (Phi) is 56.5. The fourth-order valence-electron chi connectivity index (χ4n) is 4.13. The van der Waals surface area contributed by atoms with Crippen LogP contribution in [0.4, 0.5) is 0 Å². The maximum Gasteiger partial charge on any atom is 0.639 e. The molecule has 0 aliphatic heterocycles. The molecule has 0 rings (SSSR count). The molecular weight excluding hydrogens is 815 g/mol. The van der Waals surface area contributed by atoms with Crippen LogP contribution in [0.3, 0.4) is 0 Å². The van der Waals surface area contributed by atoms with Gasteiger partial charge in [-0.3, -0.25) is 0 Å². The molecule has 0 radical (unpaired) electrons. The topological polar surface area (TPSA) is 194 Å². The molecule has 0 aliphatic rings. The molecule has 0 unspecified atom stereocenters. The Balaban J connectivity index is 3.96. The fraction of sp³-hybridized carbons (Fsp3) is 1.00. The number of ether oxygens (including phenoxy) is 18. The van der Waals surface area contributed by atoms with E-state index in [9.17, 15) is 0 Å². The molecule has 22 heteroatoms. The van der Waals surface area contributed by atoms with Gasteiger partial charge < -0.3 is 99.2 Å². The molecule has 0 saturated carbocycles. The summed E-state index contributed by atoms with van der Waals surface area (Å²) < 4.78 is 114. The van der Waals surface area contributed by atoms with E-state index in [-0.39, 0.29) is 19.8 Å². The second-order valence-corrected chi connectivity index (χ2v) is 12.1. The summed E-state index contributed by atoms with van der Waals surface area (Å²) in [6.45, 7) is 16.6. The molecule has 0 bridgehead atoms. The monoisotopic (exact) mass is 897 g/mol. The summed E-state index contributed by atoms with van der Waals surface area (Å²) in [6.07, 6.45) is 0. The minimum atomic E-state index is -0.919. The Labute approximate surface area is 365 Å². The largest absolute Gasteiger partial charge is 0.639 e. The second-order valence-electron chi connectivity index (χ2n) is 12.1. The summed E-state index contributed by atoms with van der Waals surface area (Å²) in [5.41, 5.74) is 0. The Bertz CT molecular complexity index is 677. The van der Waals surface area contributed by atoms with E-state index < -0.39 is 7.32 Å². The van der Waals surface area contributed by atoms with Crippen molar-refractivity contribution in [2.45, 2.75) is 0 Å². The Hall–Kier alpha value is -0.775. The van der Waals surface area contributed by atoms with E-state index in [1.807, 2.05) is 0 Å². The average Bonchev–Trinajstić information content (AvgIpc) is 3.27. The summed E-state index contributed by atoms with van der Waals surface area (Å²) >= 11 is 0. The van der Waals surface area contributed by atoms with E-state index in [1.165, 1.54) is 0 Å². The van der Waals surface area contributed by atoms with Gasteiger partial charge in [0.15, 0.2) is 0 Å². The lowest BCUT2D eigenvalue weighted by atomic mass is 10.2. The van der Waals surface area contributed by atoms with Crippen molar-refractivity contribution in [3.63, 3.8) is 0 Å². The van der Waals surface area contributed by atoms with Gasteiger partial charge in [-0.2, -0.15) is 0 Å². The van der Waals surface area contributed by atoms with Crippen molar-refractivity contribution in [3.05, 3.63) is 0 Å². The van der Waals surface area contributed by atoms with Crippen LogP contribution in [0.25, 0.3) is 0 Å². The number of methoxy groups -OCH3 is 3. The highest BCUT2D eigenvalue weighted by Gasteiger charge is 2.21. The average molecular weight is 897 g/mol. The molecule has 0 aliphatic carbocycles. The standard InChI is InChI=1S/C39H81BO21/c1-41-4-7-44-10-13-47-16-19-50-22-25-53-28-31-56-34-37-59-40(60-38-35-57-32-29-54-26-23-51-20-17-48-14-11-45-8-5-42-2)61-39-36-58-33-30-55-27-24-52-21-18-49-15-12-46-9-6-43-3/h4-39H2,1-3H3. The maximum absolute atomic E-state index is 5.75. The third-order valence-corrected chi connectivity index (χ3v) is 7.20. The highest BCUT2D eigenvalue weighted by molar-refractivity contribution is 6.36. The van der Waals surface area contributed by atoms with Crippen LogP contribution in [0.2, 0.25) is 0 Å². The van der Waals surface area contributed by atoms with Crippen LogP contribution in [-0.4, -0.2) is 266 Å². The van der Waals surface area contributed by atoms with E-state index in [0.717, 1.165) is 0 Å². The predicted molar refractivity (Wildman–Crippen MR) is 222 cm³/mol. The molecule has 0 amide bonds. The van der Waals surface area contributed by atoms with Crippen molar-refractivity contribution >= 4 is 7.32 Å². The van der Waals surface area contributed by atoms with Crippen LogP contribution in [0.5, 0.6) is 0 Å². The molecule has 61 heavy (non-hydrogen) atoms. The molecule has 0 aromatic heterocycles. The lowest BCUT2D eigenvalue weighted by Gasteiger charge is -2.15. The molecule has 0 heterocycles. The first-order valence-electron chi connectivity index (χ1n) is 21.3. The highest BCUT2D eigenvalue weighted by Crippen LogP contribution is 1.96. The van der Waals surface area contributed by atoms with E-state index >= 15 is 0 Å². The summed E-state index contributed by atoms with van der Waals surface area (Å²) in [4.78, 5) is 0. The quantitative estimate of drug-likeness (QED) is 0.0594. The second kappa shape index (κ2) is 57.2. The van der Waals surface area contributed by atoms with Crippen molar-refractivity contribution in [1.82, 2.24) is 0 Å². The van der Waals surface area contributed by atoms with Crippen LogP contribution in [0, 0.1) is 0 Å². The Morgan fingerprint density at radius 2 is 0.279 bits per heavy atom. The lowest BCUT2D eigenvalue weighted by molar-refractivity contribution is -0.0236. The minimum Gasteiger partial charge on any atom is -0.383 e. The minimum absolute atomic E-state index is 0.254. The zero-order valence-corrected chi connectivity index (χ0v) is 37.6. The third kappa shape index (κ3) is 55.3. The fourth-order valence-corrected chi connectivity index (χ4v) is 4.13. The van der Waals surface area contributed by atoms with Crippen LogP contribution >= 0.6 is 0 Å². The molecule has 0 saturated heterocycles. The highest BCUT2D eigenvalue weighted by atomic mass is 16.7. The molecule has 0 spiro atoms. The molecule has 0 N–H and O–H groups in total. The normalized spacial score (nSPS) is 11.7. The van der Waals surface area contributed by atoms with Gasteiger partial charge in [-0.25, -0.2) is 0 Å². The van der Waals surface area contributed by atoms with Crippen LogP contribution in [0.1, 0.15) is 0 Å². The number of hydrogen-bond donors (Lipinski definition) is 0. The molecule has 0 aromatic rings. The summed E-state index contributed by atoms with van der Waals surface area (Å²) in [6, 6.07) is 0. The number of hydrogen-bond acceptors (Lipinski definition) is 21. The van der Waals surface area contributed by atoms with Gasteiger partial charge in [0.2, 0.25) is 0 Å². The van der Waals surface area contributed by atoms with Crippen molar-refractivity contribution in [2.75, 3.05) is 259 Å². The van der Waals surface area contributed by atoms with Crippen molar-refractivity contribution < 1.29 is 99.2 Å². The number of rotatable bonds is 57. The molecular formula is C39H81BO21. The van der Waals surface area contributed by atoms with Gasteiger partial charge in [0.25, 0.3) is 0 Å². The van der Waals surface area contributed by atoms with E-state index in [1.54, 1.807) is 21.3 Å².